The molecule has 1 saturated heterocycles. The van der Waals surface area contributed by atoms with Gasteiger partial charge in [-0.25, -0.2) is 0 Å². The third-order valence-corrected chi connectivity index (χ3v) is 4.14. The van der Waals surface area contributed by atoms with Crippen molar-refractivity contribution in [1.29, 1.82) is 0 Å². The van der Waals surface area contributed by atoms with Crippen LogP contribution in [-0.4, -0.2) is 40.6 Å². The number of aliphatic hydroxyl groups is 1. The zero-order chi connectivity index (χ0) is 15.5. The molecule has 2 rings (SSSR count). The summed E-state index contributed by atoms with van der Waals surface area (Å²) in [7, 11) is 0. The smallest absolute Gasteiger partial charge is 0.234 e. The summed E-state index contributed by atoms with van der Waals surface area (Å²) >= 11 is 0. The van der Waals surface area contributed by atoms with Crippen LogP contribution in [0.25, 0.3) is 0 Å². The Morgan fingerprint density at radius 2 is 2.05 bits per heavy atom. The van der Waals surface area contributed by atoms with E-state index in [1.54, 1.807) is 0 Å². The lowest BCUT2D eigenvalue weighted by Crippen LogP contribution is -2.48. The maximum absolute atomic E-state index is 12.1. The summed E-state index contributed by atoms with van der Waals surface area (Å²) in [6, 6.07) is 8.23. The number of rotatable bonds is 5. The van der Waals surface area contributed by atoms with Gasteiger partial charge in [0.15, 0.2) is 0 Å². The van der Waals surface area contributed by atoms with Crippen molar-refractivity contribution in [1.82, 2.24) is 10.2 Å². The van der Waals surface area contributed by atoms with E-state index in [4.69, 9.17) is 0 Å². The van der Waals surface area contributed by atoms with Crippen LogP contribution in [-0.2, 0) is 11.3 Å². The zero-order valence-corrected chi connectivity index (χ0v) is 13.2. The molecule has 0 bridgehead atoms. The number of likely N-dealkylation sites (tertiary alicyclic amines) is 1. The van der Waals surface area contributed by atoms with Crippen LogP contribution in [0.5, 0.6) is 0 Å². The molecule has 4 nitrogen and oxygen atoms in total. The van der Waals surface area contributed by atoms with Gasteiger partial charge in [-0.2, -0.15) is 0 Å². The largest absolute Gasteiger partial charge is 0.389 e. The first-order valence-corrected chi connectivity index (χ1v) is 7.65. The van der Waals surface area contributed by atoms with Gasteiger partial charge in [-0.15, -0.1) is 0 Å². The number of nitrogens with one attached hydrogen (secondary N) is 1. The van der Waals surface area contributed by atoms with Crippen molar-refractivity contribution in [2.75, 3.05) is 13.1 Å². The van der Waals surface area contributed by atoms with E-state index in [9.17, 15) is 9.90 Å². The first kappa shape index (κ1) is 16.0. The Morgan fingerprint density at radius 3 is 2.67 bits per heavy atom. The van der Waals surface area contributed by atoms with Crippen LogP contribution >= 0.6 is 0 Å². The second kappa shape index (κ2) is 6.58. The molecule has 0 aliphatic carbocycles. The van der Waals surface area contributed by atoms with Gasteiger partial charge in [0.1, 0.15) is 0 Å². The van der Waals surface area contributed by atoms with Crippen molar-refractivity contribution in [3.8, 4) is 0 Å². The molecule has 1 heterocycles. The molecular weight excluding hydrogens is 264 g/mol. The number of hydrogen-bond acceptors (Lipinski definition) is 3. The van der Waals surface area contributed by atoms with Crippen LogP contribution in [0.4, 0.5) is 0 Å². The van der Waals surface area contributed by atoms with Crippen LogP contribution in [0, 0.1) is 6.92 Å². The number of aryl methyl sites for hydroxylation is 1. The number of carbonyl (C=O) groups is 1. The molecule has 1 aliphatic rings. The lowest BCUT2D eigenvalue weighted by Gasteiger charge is -2.33. The van der Waals surface area contributed by atoms with Crippen LogP contribution < -0.4 is 5.32 Å². The highest BCUT2D eigenvalue weighted by molar-refractivity contribution is 5.78. The highest BCUT2D eigenvalue weighted by Crippen LogP contribution is 2.26. The average molecular weight is 290 g/mol. The predicted molar refractivity (Wildman–Crippen MR) is 83.9 cm³/mol. The van der Waals surface area contributed by atoms with Crippen molar-refractivity contribution < 1.29 is 9.90 Å². The maximum atomic E-state index is 12.1. The standard InChI is InChI=1S/C17H26N2O2/c1-13-6-8-14(9-7-13)11-18-16(20)12-19-10-4-5-15(19)17(2,3)21/h6-9,15,21H,4-5,10-12H2,1-3H3,(H,18,20). The van der Waals surface area contributed by atoms with Gasteiger partial charge in [-0.3, -0.25) is 9.69 Å². The molecule has 1 fully saturated rings. The quantitative estimate of drug-likeness (QED) is 0.870. The summed E-state index contributed by atoms with van der Waals surface area (Å²) in [6.07, 6.45) is 1.99. The molecule has 1 aromatic carbocycles. The van der Waals surface area contributed by atoms with E-state index in [1.165, 1.54) is 5.56 Å². The SMILES string of the molecule is Cc1ccc(CNC(=O)CN2CCCC2C(C)(C)O)cc1. The minimum Gasteiger partial charge on any atom is -0.389 e. The van der Waals surface area contributed by atoms with Gasteiger partial charge in [0.05, 0.1) is 12.1 Å². The number of benzene rings is 1. The fraction of sp³-hybridized carbons (Fsp3) is 0.588. The molecule has 1 aliphatic heterocycles. The van der Waals surface area contributed by atoms with Gasteiger partial charge in [0, 0.05) is 12.6 Å². The molecule has 1 atom stereocenters. The average Bonchev–Trinajstić information content (AvgIpc) is 2.86. The molecule has 0 radical (unpaired) electrons. The summed E-state index contributed by atoms with van der Waals surface area (Å²) in [5.74, 6) is 0.0201. The van der Waals surface area contributed by atoms with Crippen molar-refractivity contribution >= 4 is 5.91 Å². The van der Waals surface area contributed by atoms with E-state index < -0.39 is 5.60 Å². The van der Waals surface area contributed by atoms with E-state index in [1.807, 2.05) is 45.0 Å². The minimum atomic E-state index is -0.756. The molecule has 0 aromatic heterocycles. The number of amides is 1. The molecule has 1 amide bonds. The lowest BCUT2D eigenvalue weighted by molar-refractivity contribution is -0.123. The second-order valence-corrected chi connectivity index (χ2v) is 6.54. The molecule has 0 spiro atoms. The van der Waals surface area contributed by atoms with E-state index in [0.717, 1.165) is 24.9 Å². The number of nitrogens with zero attached hydrogens (tertiary/aromatic N) is 1. The van der Waals surface area contributed by atoms with Crippen LogP contribution in [0.3, 0.4) is 0 Å². The number of hydrogen-bond donors (Lipinski definition) is 2. The molecule has 21 heavy (non-hydrogen) atoms. The van der Waals surface area contributed by atoms with Crippen LogP contribution in [0.15, 0.2) is 24.3 Å². The normalized spacial score (nSPS) is 19.7. The van der Waals surface area contributed by atoms with E-state index in [2.05, 4.69) is 10.2 Å². The van der Waals surface area contributed by atoms with Crippen LogP contribution in [0.2, 0.25) is 0 Å². The Bertz CT molecular complexity index is 477. The predicted octanol–water partition coefficient (Wildman–Crippen LogP) is 1.85. The van der Waals surface area contributed by atoms with Gasteiger partial charge >= 0.3 is 0 Å². The first-order chi connectivity index (χ1) is 9.86. The molecule has 0 saturated carbocycles. The molecule has 1 aromatic rings. The molecule has 2 N–H and O–H groups in total. The second-order valence-electron chi connectivity index (χ2n) is 6.54. The third-order valence-electron chi connectivity index (χ3n) is 4.14. The Balaban J connectivity index is 1.83. The summed E-state index contributed by atoms with van der Waals surface area (Å²) in [5, 5.41) is 13.1. The summed E-state index contributed by atoms with van der Waals surface area (Å²) in [5.41, 5.74) is 1.57. The van der Waals surface area contributed by atoms with Crippen molar-refractivity contribution in [2.45, 2.75) is 51.8 Å². The number of carbonyl (C=O) groups excluding carboxylic acids is 1. The minimum absolute atomic E-state index is 0.0201. The van der Waals surface area contributed by atoms with Gasteiger partial charge in [0.2, 0.25) is 5.91 Å². The molecule has 4 heteroatoms. The van der Waals surface area contributed by atoms with Crippen LogP contribution in [0.1, 0.15) is 37.8 Å². The fourth-order valence-corrected chi connectivity index (χ4v) is 2.96. The Morgan fingerprint density at radius 1 is 1.38 bits per heavy atom. The Hall–Kier alpha value is -1.39. The van der Waals surface area contributed by atoms with E-state index in [-0.39, 0.29) is 11.9 Å². The maximum Gasteiger partial charge on any atom is 0.234 e. The topological polar surface area (TPSA) is 52.6 Å². The van der Waals surface area contributed by atoms with E-state index >= 15 is 0 Å². The summed E-state index contributed by atoms with van der Waals surface area (Å²) < 4.78 is 0. The highest BCUT2D eigenvalue weighted by Gasteiger charge is 2.36. The van der Waals surface area contributed by atoms with Crippen molar-refractivity contribution in [3.63, 3.8) is 0 Å². The van der Waals surface area contributed by atoms with Gasteiger partial charge in [-0.1, -0.05) is 29.8 Å². The molecular formula is C17H26N2O2. The van der Waals surface area contributed by atoms with Crippen molar-refractivity contribution in [3.05, 3.63) is 35.4 Å². The fourth-order valence-electron chi connectivity index (χ4n) is 2.96. The summed E-state index contributed by atoms with van der Waals surface area (Å²) in [4.78, 5) is 14.2. The Labute approximate surface area is 127 Å². The third kappa shape index (κ3) is 4.55. The highest BCUT2D eigenvalue weighted by atomic mass is 16.3. The Kier molecular flexibility index (Phi) is 5.01. The van der Waals surface area contributed by atoms with Crippen molar-refractivity contribution in [2.24, 2.45) is 0 Å². The summed E-state index contributed by atoms with van der Waals surface area (Å²) in [6.45, 7) is 7.49. The van der Waals surface area contributed by atoms with Gasteiger partial charge < -0.3 is 10.4 Å². The van der Waals surface area contributed by atoms with E-state index in [0.29, 0.717) is 13.1 Å². The van der Waals surface area contributed by atoms with Gasteiger partial charge in [0.25, 0.3) is 0 Å². The molecule has 1 unspecified atom stereocenters. The zero-order valence-electron chi connectivity index (χ0n) is 13.2. The van der Waals surface area contributed by atoms with Gasteiger partial charge in [-0.05, 0) is 45.7 Å². The molecule has 116 valence electrons. The first-order valence-electron chi connectivity index (χ1n) is 7.65. The lowest BCUT2D eigenvalue weighted by atomic mass is 9.97. The monoisotopic (exact) mass is 290 g/mol.